The fourth-order valence-electron chi connectivity index (χ4n) is 2.93. The molecule has 1 heterocycles. The summed E-state index contributed by atoms with van der Waals surface area (Å²) in [4.78, 5) is 29.7. The average Bonchev–Trinajstić information content (AvgIpc) is 2.81. The first-order chi connectivity index (χ1) is 11.5. The molecule has 1 saturated heterocycles. The summed E-state index contributed by atoms with van der Waals surface area (Å²) in [5, 5.41) is 0. The van der Waals surface area contributed by atoms with Gasteiger partial charge < -0.3 is 14.5 Å². The van der Waals surface area contributed by atoms with Crippen molar-refractivity contribution in [3.05, 3.63) is 29.8 Å². The molecule has 1 aromatic carbocycles. The number of carbonyl (C=O) groups excluding carboxylic acids is 2. The average molecular weight is 333 g/mol. The predicted molar refractivity (Wildman–Crippen MR) is 92.8 cm³/mol. The van der Waals surface area contributed by atoms with Crippen molar-refractivity contribution >= 4 is 11.8 Å². The Bertz CT molecular complexity index is 576. The minimum Gasteiger partial charge on any atom is -0.496 e. The molecule has 0 N–H and O–H groups in total. The number of ether oxygens (including phenoxy) is 1. The molecule has 0 aromatic heterocycles. The van der Waals surface area contributed by atoms with Crippen LogP contribution in [0.15, 0.2) is 24.3 Å². The zero-order valence-corrected chi connectivity index (χ0v) is 14.8. The van der Waals surface area contributed by atoms with Crippen LogP contribution in [0.3, 0.4) is 0 Å². The van der Waals surface area contributed by atoms with Crippen LogP contribution < -0.4 is 4.74 Å². The van der Waals surface area contributed by atoms with Crippen LogP contribution in [-0.4, -0.2) is 73.4 Å². The van der Waals surface area contributed by atoms with Crippen molar-refractivity contribution in [2.45, 2.75) is 19.9 Å². The van der Waals surface area contributed by atoms with Gasteiger partial charge in [-0.05, 0) is 12.5 Å². The van der Waals surface area contributed by atoms with E-state index in [9.17, 15) is 9.59 Å². The zero-order valence-electron chi connectivity index (χ0n) is 14.8. The van der Waals surface area contributed by atoms with E-state index in [0.717, 1.165) is 37.4 Å². The second-order valence-electron chi connectivity index (χ2n) is 6.20. The van der Waals surface area contributed by atoms with E-state index in [1.807, 2.05) is 36.2 Å². The maximum atomic E-state index is 12.5. The number of para-hydroxylation sites is 1. The molecule has 1 aliphatic rings. The maximum absolute atomic E-state index is 12.5. The quantitative estimate of drug-likeness (QED) is 0.813. The first-order valence-corrected chi connectivity index (χ1v) is 8.35. The summed E-state index contributed by atoms with van der Waals surface area (Å²) < 4.78 is 5.34. The van der Waals surface area contributed by atoms with Gasteiger partial charge in [0.15, 0.2) is 0 Å². The number of methoxy groups -OCH3 is 1. The van der Waals surface area contributed by atoms with Gasteiger partial charge in [0.1, 0.15) is 5.75 Å². The lowest BCUT2D eigenvalue weighted by Gasteiger charge is -2.24. The summed E-state index contributed by atoms with van der Waals surface area (Å²) >= 11 is 0. The number of carbonyl (C=O) groups is 2. The largest absolute Gasteiger partial charge is 0.496 e. The van der Waals surface area contributed by atoms with Gasteiger partial charge in [-0.2, -0.15) is 0 Å². The minimum absolute atomic E-state index is 0.0807. The van der Waals surface area contributed by atoms with Gasteiger partial charge in [-0.15, -0.1) is 0 Å². The predicted octanol–water partition coefficient (Wildman–Crippen LogP) is 1.21. The van der Waals surface area contributed by atoms with E-state index >= 15 is 0 Å². The van der Waals surface area contributed by atoms with E-state index in [2.05, 4.69) is 4.90 Å². The monoisotopic (exact) mass is 333 g/mol. The summed E-state index contributed by atoms with van der Waals surface area (Å²) in [5.74, 6) is 0.984. The Hall–Kier alpha value is -2.08. The van der Waals surface area contributed by atoms with Crippen molar-refractivity contribution in [2.24, 2.45) is 0 Å². The SMILES string of the molecule is COc1ccccc1CN(C)C(=O)CN1CCCN(C(C)=O)CC1. The maximum Gasteiger partial charge on any atom is 0.236 e. The van der Waals surface area contributed by atoms with Crippen molar-refractivity contribution in [3.8, 4) is 5.75 Å². The number of hydrogen-bond donors (Lipinski definition) is 0. The van der Waals surface area contributed by atoms with Crippen molar-refractivity contribution in [2.75, 3.05) is 46.9 Å². The summed E-state index contributed by atoms with van der Waals surface area (Å²) in [6, 6.07) is 7.74. The molecule has 1 aromatic rings. The lowest BCUT2D eigenvalue weighted by atomic mass is 10.2. The third-order valence-corrected chi connectivity index (χ3v) is 4.42. The molecular weight excluding hydrogens is 306 g/mol. The van der Waals surface area contributed by atoms with Crippen LogP contribution in [0.5, 0.6) is 5.75 Å². The van der Waals surface area contributed by atoms with Crippen molar-refractivity contribution in [1.82, 2.24) is 14.7 Å². The smallest absolute Gasteiger partial charge is 0.236 e. The molecule has 6 heteroatoms. The molecular formula is C18H27N3O3. The van der Waals surface area contributed by atoms with Gasteiger partial charge in [0.2, 0.25) is 11.8 Å². The summed E-state index contributed by atoms with van der Waals surface area (Å²) in [7, 11) is 3.45. The topological polar surface area (TPSA) is 53.1 Å². The second-order valence-corrected chi connectivity index (χ2v) is 6.20. The van der Waals surface area contributed by atoms with Crippen LogP contribution >= 0.6 is 0 Å². The Morgan fingerprint density at radius 2 is 1.92 bits per heavy atom. The molecule has 0 unspecified atom stereocenters. The Balaban J connectivity index is 1.88. The van der Waals surface area contributed by atoms with Crippen molar-refractivity contribution < 1.29 is 14.3 Å². The highest BCUT2D eigenvalue weighted by atomic mass is 16.5. The molecule has 132 valence electrons. The highest BCUT2D eigenvalue weighted by Gasteiger charge is 2.20. The van der Waals surface area contributed by atoms with Gasteiger partial charge in [-0.25, -0.2) is 0 Å². The number of rotatable bonds is 5. The van der Waals surface area contributed by atoms with Gasteiger partial charge in [0.25, 0.3) is 0 Å². The van der Waals surface area contributed by atoms with Crippen molar-refractivity contribution in [3.63, 3.8) is 0 Å². The summed E-state index contributed by atoms with van der Waals surface area (Å²) in [5.41, 5.74) is 0.995. The third-order valence-electron chi connectivity index (χ3n) is 4.42. The number of amides is 2. The molecule has 1 aliphatic heterocycles. The lowest BCUT2D eigenvalue weighted by Crippen LogP contribution is -2.40. The number of hydrogen-bond acceptors (Lipinski definition) is 4. The number of likely N-dealkylation sites (N-methyl/N-ethyl adjacent to an activating group) is 1. The van der Waals surface area contributed by atoms with Crippen LogP contribution in [0.25, 0.3) is 0 Å². The van der Waals surface area contributed by atoms with E-state index in [1.54, 1.807) is 18.9 Å². The Labute approximate surface area is 144 Å². The van der Waals surface area contributed by atoms with Crippen LogP contribution in [-0.2, 0) is 16.1 Å². The van der Waals surface area contributed by atoms with E-state index in [4.69, 9.17) is 4.74 Å². The highest BCUT2D eigenvalue weighted by Crippen LogP contribution is 2.18. The first-order valence-electron chi connectivity index (χ1n) is 8.35. The molecule has 24 heavy (non-hydrogen) atoms. The van der Waals surface area contributed by atoms with Gasteiger partial charge in [-0.1, -0.05) is 18.2 Å². The molecule has 0 atom stereocenters. The molecule has 0 radical (unpaired) electrons. The molecule has 0 aliphatic carbocycles. The van der Waals surface area contributed by atoms with E-state index in [1.165, 1.54) is 0 Å². The van der Waals surface area contributed by atoms with Crippen LogP contribution in [0.1, 0.15) is 18.9 Å². The standard InChI is InChI=1S/C18H27N3O3/c1-15(22)21-10-6-9-20(11-12-21)14-18(23)19(2)13-16-7-4-5-8-17(16)24-3/h4-5,7-8H,6,9-14H2,1-3H3. The van der Waals surface area contributed by atoms with E-state index < -0.39 is 0 Å². The fraction of sp³-hybridized carbons (Fsp3) is 0.556. The van der Waals surface area contributed by atoms with E-state index in [0.29, 0.717) is 19.6 Å². The Morgan fingerprint density at radius 3 is 2.62 bits per heavy atom. The third kappa shape index (κ3) is 4.96. The van der Waals surface area contributed by atoms with Gasteiger partial charge in [0, 0.05) is 52.3 Å². The van der Waals surface area contributed by atoms with Gasteiger partial charge in [-0.3, -0.25) is 14.5 Å². The summed E-state index contributed by atoms with van der Waals surface area (Å²) in [6.45, 7) is 5.57. The number of benzene rings is 1. The Kier molecular flexibility index (Phi) is 6.61. The fourth-order valence-corrected chi connectivity index (χ4v) is 2.93. The zero-order chi connectivity index (χ0) is 17.5. The van der Waals surface area contributed by atoms with Gasteiger partial charge in [0.05, 0.1) is 13.7 Å². The molecule has 0 spiro atoms. The molecule has 0 saturated carbocycles. The lowest BCUT2D eigenvalue weighted by molar-refractivity contribution is -0.131. The van der Waals surface area contributed by atoms with Crippen molar-refractivity contribution in [1.29, 1.82) is 0 Å². The first kappa shape index (κ1) is 18.3. The van der Waals surface area contributed by atoms with Gasteiger partial charge >= 0.3 is 0 Å². The molecule has 2 rings (SSSR count). The molecule has 0 bridgehead atoms. The minimum atomic E-state index is 0.0807. The number of nitrogens with zero attached hydrogens (tertiary/aromatic N) is 3. The molecule has 1 fully saturated rings. The normalized spacial score (nSPS) is 15.7. The summed E-state index contributed by atoms with van der Waals surface area (Å²) in [6.07, 6.45) is 0.906. The van der Waals surface area contributed by atoms with Crippen LogP contribution in [0.2, 0.25) is 0 Å². The second kappa shape index (κ2) is 8.68. The van der Waals surface area contributed by atoms with Crippen LogP contribution in [0, 0.1) is 0 Å². The molecule has 6 nitrogen and oxygen atoms in total. The Morgan fingerprint density at radius 1 is 1.17 bits per heavy atom. The van der Waals surface area contributed by atoms with Crippen LogP contribution in [0.4, 0.5) is 0 Å². The molecule has 2 amide bonds. The highest BCUT2D eigenvalue weighted by molar-refractivity contribution is 5.78. The van der Waals surface area contributed by atoms with E-state index in [-0.39, 0.29) is 11.8 Å².